The van der Waals surface area contributed by atoms with E-state index in [1.54, 1.807) is 0 Å². The molecule has 0 bridgehead atoms. The van der Waals surface area contributed by atoms with E-state index >= 15 is 0 Å². The predicted molar refractivity (Wildman–Crippen MR) is 114 cm³/mol. The van der Waals surface area contributed by atoms with Crippen LogP contribution in [0, 0.1) is 0 Å². The molecule has 1 heterocycles. The zero-order valence-corrected chi connectivity index (χ0v) is 18.4. The molecule has 0 fully saturated rings. The largest absolute Gasteiger partial charge is 0.286 e. The summed E-state index contributed by atoms with van der Waals surface area (Å²) in [6.07, 6.45) is 25.1. The summed E-state index contributed by atoms with van der Waals surface area (Å²) in [4.78, 5) is 0. The van der Waals surface area contributed by atoms with Gasteiger partial charge >= 0.3 is 0 Å². The van der Waals surface area contributed by atoms with Gasteiger partial charge in [-0.05, 0) is 6.42 Å². The van der Waals surface area contributed by atoms with Gasteiger partial charge in [-0.1, -0.05) is 90.0 Å². The molecule has 0 amide bonds. The van der Waals surface area contributed by atoms with E-state index in [0.29, 0.717) is 6.26 Å². The first-order chi connectivity index (χ1) is 12.9. The van der Waals surface area contributed by atoms with Crippen LogP contribution in [-0.4, -0.2) is 19.2 Å². The van der Waals surface area contributed by atoms with Gasteiger partial charge in [0, 0.05) is 18.6 Å². The molecule has 27 heavy (non-hydrogen) atoms. The smallest absolute Gasteiger partial charge is 0.261 e. The van der Waals surface area contributed by atoms with Crippen LogP contribution in [-0.2, 0) is 16.7 Å². The summed E-state index contributed by atoms with van der Waals surface area (Å²) in [5, 5.41) is 0. The topological polar surface area (TPSA) is 58.2 Å². The number of aryl methyl sites for hydroxylation is 1. The zero-order chi connectivity index (χ0) is 20.2. The molecular formula is C22H42NO3S+. The minimum atomic E-state index is -3.67. The van der Waals surface area contributed by atoms with E-state index in [-0.39, 0.29) is 0 Å². The molecular weight excluding hydrogens is 358 g/mol. The Morgan fingerprint density at radius 2 is 1.00 bits per heavy atom. The molecule has 0 aliphatic rings. The quantitative estimate of drug-likeness (QED) is 0.224. The van der Waals surface area contributed by atoms with Gasteiger partial charge in [0.2, 0.25) is 0 Å². The molecule has 0 aliphatic heterocycles. The highest BCUT2D eigenvalue weighted by atomic mass is 32.2. The van der Waals surface area contributed by atoms with Gasteiger partial charge in [0.1, 0.15) is 6.54 Å². The van der Waals surface area contributed by atoms with Crippen molar-refractivity contribution < 1.29 is 17.5 Å². The maximum Gasteiger partial charge on any atom is 0.261 e. The lowest BCUT2D eigenvalue weighted by Crippen LogP contribution is -2.32. The predicted octanol–water partition coefficient (Wildman–Crippen LogP) is 5.96. The Hall–Kier alpha value is -0.940. The molecule has 0 saturated carbocycles. The first kappa shape index (κ1) is 26.1. The van der Waals surface area contributed by atoms with Gasteiger partial charge in [-0.25, -0.2) is 4.57 Å². The summed E-state index contributed by atoms with van der Waals surface area (Å²) in [6.45, 7) is 3.47. The number of pyridine rings is 1. The van der Waals surface area contributed by atoms with Gasteiger partial charge in [0.15, 0.2) is 12.4 Å². The average molecular weight is 401 g/mol. The van der Waals surface area contributed by atoms with Crippen LogP contribution >= 0.6 is 0 Å². The Balaban J connectivity index is 0.00000119. The fraction of sp³-hybridized carbons (Fsp3) is 0.773. The van der Waals surface area contributed by atoms with Crippen molar-refractivity contribution in [2.45, 2.75) is 103 Å². The highest BCUT2D eigenvalue weighted by Crippen LogP contribution is 2.12. The molecule has 1 N–H and O–H groups in total. The SMILES string of the molecule is CCCCCCCCCCCCCCCC[n+]1ccccc1.CS(=O)(=O)O. The maximum absolute atomic E-state index is 9.19. The van der Waals surface area contributed by atoms with Crippen LogP contribution in [0.15, 0.2) is 30.6 Å². The Morgan fingerprint density at radius 1 is 0.667 bits per heavy atom. The van der Waals surface area contributed by atoms with Gasteiger partial charge in [-0.2, -0.15) is 8.42 Å². The Kier molecular flexibility index (Phi) is 17.8. The number of unbranched alkanes of at least 4 members (excludes halogenated alkanes) is 13. The number of rotatable bonds is 15. The lowest BCUT2D eigenvalue weighted by molar-refractivity contribution is -0.697. The van der Waals surface area contributed by atoms with Crippen LogP contribution in [0.2, 0.25) is 0 Å². The van der Waals surface area contributed by atoms with Gasteiger partial charge in [0.25, 0.3) is 10.1 Å². The van der Waals surface area contributed by atoms with Gasteiger partial charge < -0.3 is 0 Å². The second-order valence-electron chi connectivity index (χ2n) is 7.44. The van der Waals surface area contributed by atoms with Crippen molar-refractivity contribution in [1.29, 1.82) is 0 Å². The van der Waals surface area contributed by atoms with E-state index in [4.69, 9.17) is 4.55 Å². The number of aromatic nitrogens is 1. The second-order valence-corrected chi connectivity index (χ2v) is 8.91. The third kappa shape index (κ3) is 25.1. The van der Waals surface area contributed by atoms with Crippen molar-refractivity contribution in [3.05, 3.63) is 30.6 Å². The Bertz CT molecular complexity index is 510. The molecule has 158 valence electrons. The molecule has 0 spiro atoms. The van der Waals surface area contributed by atoms with Crippen LogP contribution in [0.5, 0.6) is 0 Å². The van der Waals surface area contributed by atoms with Crippen LogP contribution in [0.1, 0.15) is 96.8 Å². The zero-order valence-electron chi connectivity index (χ0n) is 17.6. The highest BCUT2D eigenvalue weighted by molar-refractivity contribution is 7.85. The normalized spacial score (nSPS) is 11.1. The molecule has 0 aliphatic carbocycles. The summed E-state index contributed by atoms with van der Waals surface area (Å²) in [5.41, 5.74) is 0. The van der Waals surface area contributed by atoms with Crippen molar-refractivity contribution in [2.75, 3.05) is 6.26 Å². The fourth-order valence-electron chi connectivity index (χ4n) is 3.07. The standard InChI is InChI=1S/C21H38N.CH4O3S/c1-2-3-4-5-6-7-8-9-10-11-12-13-14-16-19-22-20-17-15-18-21-22;1-5(2,3)4/h15,17-18,20-21H,2-14,16,19H2,1H3;1H3,(H,2,3,4)/q+1;. The van der Waals surface area contributed by atoms with Crippen molar-refractivity contribution in [3.8, 4) is 0 Å². The van der Waals surface area contributed by atoms with Crippen LogP contribution in [0.3, 0.4) is 0 Å². The molecule has 5 heteroatoms. The van der Waals surface area contributed by atoms with E-state index in [1.807, 2.05) is 0 Å². The van der Waals surface area contributed by atoms with Crippen LogP contribution in [0.4, 0.5) is 0 Å². The first-order valence-electron chi connectivity index (χ1n) is 10.8. The third-order valence-electron chi connectivity index (χ3n) is 4.55. The molecule has 0 atom stereocenters. The molecule has 1 aromatic heterocycles. The number of hydrogen-bond donors (Lipinski definition) is 1. The number of nitrogens with zero attached hydrogens (tertiary/aromatic N) is 1. The fourth-order valence-corrected chi connectivity index (χ4v) is 3.07. The van der Waals surface area contributed by atoms with Crippen LogP contribution in [0.25, 0.3) is 0 Å². The summed E-state index contributed by atoms with van der Waals surface area (Å²) in [6, 6.07) is 6.31. The summed E-state index contributed by atoms with van der Waals surface area (Å²) in [7, 11) is -3.67. The minimum Gasteiger partial charge on any atom is -0.286 e. The summed E-state index contributed by atoms with van der Waals surface area (Å²) in [5.74, 6) is 0. The Morgan fingerprint density at radius 3 is 1.37 bits per heavy atom. The van der Waals surface area contributed by atoms with Gasteiger partial charge in [0.05, 0.1) is 6.26 Å². The van der Waals surface area contributed by atoms with E-state index in [9.17, 15) is 8.42 Å². The molecule has 1 rings (SSSR count). The molecule has 4 nitrogen and oxygen atoms in total. The summed E-state index contributed by atoms with van der Waals surface area (Å²) < 4.78 is 28.2. The second kappa shape index (κ2) is 18.4. The lowest BCUT2D eigenvalue weighted by atomic mass is 10.0. The minimum absolute atomic E-state index is 0.715. The average Bonchev–Trinajstić information content (AvgIpc) is 2.61. The Labute approximate surface area is 168 Å². The van der Waals surface area contributed by atoms with Crippen molar-refractivity contribution in [3.63, 3.8) is 0 Å². The van der Waals surface area contributed by atoms with Crippen LogP contribution < -0.4 is 4.57 Å². The summed E-state index contributed by atoms with van der Waals surface area (Å²) >= 11 is 0. The molecule has 0 radical (unpaired) electrons. The lowest BCUT2D eigenvalue weighted by Gasteiger charge is -2.02. The molecule has 0 unspecified atom stereocenters. The van der Waals surface area contributed by atoms with Crippen molar-refractivity contribution >= 4 is 10.1 Å². The monoisotopic (exact) mass is 400 g/mol. The molecule has 0 aromatic carbocycles. The van der Waals surface area contributed by atoms with Gasteiger partial charge in [-0.15, -0.1) is 0 Å². The highest BCUT2D eigenvalue weighted by Gasteiger charge is 1.98. The molecule has 1 aromatic rings. The maximum atomic E-state index is 9.19. The van der Waals surface area contributed by atoms with E-state index < -0.39 is 10.1 Å². The van der Waals surface area contributed by atoms with Gasteiger partial charge in [-0.3, -0.25) is 4.55 Å². The van der Waals surface area contributed by atoms with E-state index in [1.165, 1.54) is 96.4 Å². The third-order valence-corrected chi connectivity index (χ3v) is 4.55. The number of hydrogen-bond acceptors (Lipinski definition) is 2. The van der Waals surface area contributed by atoms with Crippen molar-refractivity contribution in [1.82, 2.24) is 0 Å². The van der Waals surface area contributed by atoms with E-state index in [2.05, 4.69) is 42.1 Å². The van der Waals surface area contributed by atoms with E-state index in [0.717, 1.165) is 0 Å². The first-order valence-corrected chi connectivity index (χ1v) is 12.6. The van der Waals surface area contributed by atoms with Crippen molar-refractivity contribution in [2.24, 2.45) is 0 Å². The molecule has 0 saturated heterocycles.